The van der Waals surface area contributed by atoms with Gasteiger partial charge in [-0.2, -0.15) is 0 Å². The van der Waals surface area contributed by atoms with Crippen LogP contribution in [0.25, 0.3) is 16.2 Å². The van der Waals surface area contributed by atoms with Gasteiger partial charge in [0.05, 0.1) is 11.4 Å². The number of nitrogens with one attached hydrogen (secondary N) is 1. The van der Waals surface area contributed by atoms with E-state index in [0.717, 1.165) is 60.8 Å². The van der Waals surface area contributed by atoms with Gasteiger partial charge in [0.25, 0.3) is 5.56 Å². The zero-order valence-electron chi connectivity index (χ0n) is 16.6. The third kappa shape index (κ3) is 4.41. The SMILES string of the molecule is CCCNC(=O)C1CCN(Cc2cc(=O)n3c(-c4ccccc4)csc3n2)CC1. The van der Waals surface area contributed by atoms with Gasteiger partial charge in [-0.25, -0.2) is 4.98 Å². The zero-order valence-corrected chi connectivity index (χ0v) is 17.5. The Morgan fingerprint density at radius 2 is 2.00 bits per heavy atom. The lowest BCUT2D eigenvalue weighted by atomic mass is 9.96. The molecule has 1 N–H and O–H groups in total. The number of thiazole rings is 1. The maximum atomic E-state index is 12.8. The number of hydrogen-bond donors (Lipinski definition) is 1. The van der Waals surface area contributed by atoms with Gasteiger partial charge >= 0.3 is 0 Å². The molecule has 0 aliphatic carbocycles. The van der Waals surface area contributed by atoms with Crippen LogP contribution in [-0.4, -0.2) is 39.8 Å². The Morgan fingerprint density at radius 3 is 2.72 bits per heavy atom. The van der Waals surface area contributed by atoms with Crippen LogP contribution in [0.3, 0.4) is 0 Å². The van der Waals surface area contributed by atoms with Gasteiger partial charge in [0.15, 0.2) is 4.96 Å². The van der Waals surface area contributed by atoms with Crippen molar-refractivity contribution >= 4 is 22.2 Å². The largest absolute Gasteiger partial charge is 0.356 e. The number of rotatable bonds is 6. The maximum absolute atomic E-state index is 12.8. The van der Waals surface area contributed by atoms with Crippen LogP contribution in [0, 0.1) is 5.92 Å². The predicted molar refractivity (Wildman–Crippen MR) is 116 cm³/mol. The van der Waals surface area contributed by atoms with Gasteiger partial charge in [-0.3, -0.25) is 18.9 Å². The highest BCUT2D eigenvalue weighted by Crippen LogP contribution is 2.24. The molecule has 0 atom stereocenters. The molecule has 1 aromatic carbocycles. The van der Waals surface area contributed by atoms with Crippen LogP contribution < -0.4 is 10.9 Å². The van der Waals surface area contributed by atoms with E-state index in [-0.39, 0.29) is 17.4 Å². The standard InChI is InChI=1S/C22H26N4O2S/c1-2-10-23-21(28)17-8-11-25(12-9-17)14-18-13-20(27)26-19(15-29-22(26)24-18)16-6-4-3-5-7-16/h3-7,13,15,17H,2,8-12,14H2,1H3,(H,23,28). The highest BCUT2D eigenvalue weighted by molar-refractivity contribution is 7.15. The van der Waals surface area contributed by atoms with Crippen molar-refractivity contribution in [1.82, 2.24) is 19.6 Å². The Hall–Kier alpha value is -2.51. The van der Waals surface area contributed by atoms with E-state index >= 15 is 0 Å². The van der Waals surface area contributed by atoms with E-state index < -0.39 is 0 Å². The number of carbonyl (C=O) groups is 1. The molecular formula is C22H26N4O2S. The predicted octanol–water partition coefficient (Wildman–Crippen LogP) is 3.16. The van der Waals surface area contributed by atoms with E-state index in [0.29, 0.717) is 6.54 Å². The molecule has 4 rings (SSSR count). The molecular weight excluding hydrogens is 384 g/mol. The minimum Gasteiger partial charge on any atom is -0.356 e. The quantitative estimate of drug-likeness (QED) is 0.678. The lowest BCUT2D eigenvalue weighted by molar-refractivity contribution is -0.126. The Morgan fingerprint density at radius 1 is 1.24 bits per heavy atom. The molecule has 1 amide bonds. The van der Waals surface area contributed by atoms with Crippen LogP contribution in [0.5, 0.6) is 0 Å². The molecule has 1 fully saturated rings. The lowest BCUT2D eigenvalue weighted by Gasteiger charge is -2.30. The third-order valence-electron chi connectivity index (χ3n) is 5.42. The van der Waals surface area contributed by atoms with Gasteiger partial charge < -0.3 is 5.32 Å². The molecule has 1 aliphatic heterocycles. The Kier molecular flexibility index (Phi) is 6.06. The molecule has 7 heteroatoms. The Balaban J connectivity index is 1.45. The van der Waals surface area contributed by atoms with E-state index in [1.54, 1.807) is 10.5 Å². The van der Waals surface area contributed by atoms with Crippen LogP contribution in [0.2, 0.25) is 0 Å². The molecule has 1 aliphatic rings. The summed E-state index contributed by atoms with van der Waals surface area (Å²) in [5.41, 5.74) is 2.65. The highest BCUT2D eigenvalue weighted by Gasteiger charge is 2.25. The molecule has 0 bridgehead atoms. The normalized spacial score (nSPS) is 15.6. The van der Waals surface area contributed by atoms with Crippen molar-refractivity contribution in [2.45, 2.75) is 32.7 Å². The molecule has 2 aromatic heterocycles. The van der Waals surface area contributed by atoms with E-state index in [4.69, 9.17) is 4.98 Å². The summed E-state index contributed by atoms with van der Waals surface area (Å²) in [6, 6.07) is 11.6. The molecule has 6 nitrogen and oxygen atoms in total. The van der Waals surface area contributed by atoms with Crippen molar-refractivity contribution in [2.24, 2.45) is 5.92 Å². The fourth-order valence-corrected chi connectivity index (χ4v) is 4.75. The number of hydrogen-bond acceptors (Lipinski definition) is 5. The van der Waals surface area contributed by atoms with Gasteiger partial charge in [-0.05, 0) is 37.9 Å². The molecule has 1 saturated heterocycles. The summed E-state index contributed by atoms with van der Waals surface area (Å²) in [6.45, 7) is 5.16. The number of fused-ring (bicyclic) bond motifs is 1. The first kappa shape index (κ1) is 19.8. The highest BCUT2D eigenvalue weighted by atomic mass is 32.1. The second kappa shape index (κ2) is 8.88. The Bertz CT molecular complexity index is 1040. The van der Waals surface area contributed by atoms with Crippen LogP contribution in [0.15, 0.2) is 46.6 Å². The van der Waals surface area contributed by atoms with Crippen LogP contribution in [0.1, 0.15) is 31.9 Å². The number of nitrogens with zero attached hydrogens (tertiary/aromatic N) is 3. The van der Waals surface area contributed by atoms with Crippen molar-refractivity contribution in [3.8, 4) is 11.3 Å². The first-order valence-electron chi connectivity index (χ1n) is 10.2. The van der Waals surface area contributed by atoms with Gasteiger partial charge in [0.2, 0.25) is 5.91 Å². The number of likely N-dealkylation sites (tertiary alicyclic amines) is 1. The number of benzene rings is 1. The molecule has 3 heterocycles. The minimum absolute atomic E-state index is 0.0427. The summed E-state index contributed by atoms with van der Waals surface area (Å²) < 4.78 is 1.69. The van der Waals surface area contributed by atoms with Gasteiger partial charge in [0, 0.05) is 30.5 Å². The van der Waals surface area contributed by atoms with E-state index in [1.807, 2.05) is 35.7 Å². The first-order valence-corrected chi connectivity index (χ1v) is 11.1. The number of piperidine rings is 1. The van der Waals surface area contributed by atoms with Crippen LogP contribution in [0.4, 0.5) is 0 Å². The van der Waals surface area contributed by atoms with E-state index in [2.05, 4.69) is 17.1 Å². The van der Waals surface area contributed by atoms with E-state index in [1.165, 1.54) is 11.3 Å². The van der Waals surface area contributed by atoms with Crippen molar-refractivity contribution in [2.75, 3.05) is 19.6 Å². The summed E-state index contributed by atoms with van der Waals surface area (Å²) in [7, 11) is 0. The van der Waals surface area contributed by atoms with Crippen LogP contribution in [-0.2, 0) is 11.3 Å². The average molecular weight is 411 g/mol. The monoisotopic (exact) mass is 410 g/mol. The fourth-order valence-electron chi connectivity index (χ4n) is 3.83. The molecule has 0 saturated carbocycles. The fraction of sp³-hybridized carbons (Fsp3) is 0.409. The minimum atomic E-state index is -0.0427. The first-order chi connectivity index (χ1) is 14.2. The topological polar surface area (TPSA) is 66.7 Å². The summed E-state index contributed by atoms with van der Waals surface area (Å²) in [6.07, 6.45) is 2.67. The summed E-state index contributed by atoms with van der Waals surface area (Å²) in [5.74, 6) is 0.279. The summed E-state index contributed by atoms with van der Waals surface area (Å²) in [4.78, 5) is 32.7. The molecule has 0 unspecified atom stereocenters. The number of carbonyl (C=O) groups excluding carboxylic acids is 1. The molecule has 3 aromatic rings. The zero-order chi connectivity index (χ0) is 20.2. The van der Waals surface area contributed by atoms with Gasteiger partial charge in [-0.1, -0.05) is 37.3 Å². The maximum Gasteiger partial charge on any atom is 0.259 e. The third-order valence-corrected chi connectivity index (χ3v) is 6.25. The molecule has 0 spiro atoms. The molecule has 0 radical (unpaired) electrons. The van der Waals surface area contributed by atoms with Gasteiger partial charge in [-0.15, -0.1) is 11.3 Å². The average Bonchev–Trinajstić information content (AvgIpc) is 3.18. The second-order valence-electron chi connectivity index (χ2n) is 7.53. The van der Waals surface area contributed by atoms with Crippen LogP contribution >= 0.6 is 11.3 Å². The molecule has 29 heavy (non-hydrogen) atoms. The number of amides is 1. The van der Waals surface area contributed by atoms with Crippen molar-refractivity contribution in [3.05, 3.63) is 57.8 Å². The summed E-state index contributed by atoms with van der Waals surface area (Å²) in [5, 5.41) is 4.99. The van der Waals surface area contributed by atoms with Crippen molar-refractivity contribution < 1.29 is 4.79 Å². The number of aromatic nitrogens is 2. The molecule has 152 valence electrons. The lowest BCUT2D eigenvalue weighted by Crippen LogP contribution is -2.40. The Labute approximate surface area is 174 Å². The summed E-state index contributed by atoms with van der Waals surface area (Å²) >= 11 is 1.49. The van der Waals surface area contributed by atoms with Crippen molar-refractivity contribution in [3.63, 3.8) is 0 Å². The van der Waals surface area contributed by atoms with Crippen molar-refractivity contribution in [1.29, 1.82) is 0 Å². The van der Waals surface area contributed by atoms with E-state index in [9.17, 15) is 9.59 Å². The second-order valence-corrected chi connectivity index (χ2v) is 8.37. The smallest absolute Gasteiger partial charge is 0.259 e. The van der Waals surface area contributed by atoms with Gasteiger partial charge in [0.1, 0.15) is 0 Å².